The second-order valence-electron chi connectivity index (χ2n) is 4.39. The number of aromatic carboxylic acids is 1. The first kappa shape index (κ1) is 14.2. The maximum absolute atomic E-state index is 10.9. The number of carbonyl (C=O) groups is 1. The van der Waals surface area contributed by atoms with Crippen molar-refractivity contribution in [3.8, 4) is 11.5 Å². The van der Waals surface area contributed by atoms with Gasteiger partial charge in [-0.3, -0.25) is 0 Å². The molecule has 0 radical (unpaired) electrons. The predicted octanol–water partition coefficient (Wildman–Crippen LogP) is 3.23. The highest BCUT2D eigenvalue weighted by atomic mass is 35.5. The number of phenolic OH excluding ortho intramolecular Hbond substituents is 1. The molecule has 0 amide bonds. The minimum absolute atomic E-state index is 0.110. The zero-order valence-electron chi connectivity index (χ0n) is 10.5. The third kappa shape index (κ3) is 3.03. The van der Waals surface area contributed by atoms with E-state index in [1.807, 2.05) is 12.1 Å². The van der Waals surface area contributed by atoms with Crippen LogP contribution in [0.3, 0.4) is 0 Å². The van der Waals surface area contributed by atoms with Gasteiger partial charge in [-0.05, 0) is 42.7 Å². The minimum atomic E-state index is -1.23. The lowest BCUT2D eigenvalue weighted by Crippen LogP contribution is -2.00. The van der Waals surface area contributed by atoms with Gasteiger partial charge in [0.2, 0.25) is 0 Å². The van der Waals surface area contributed by atoms with E-state index >= 15 is 0 Å². The molecule has 0 unspecified atom stereocenters. The number of carboxylic acids is 1. The Morgan fingerprint density at radius 1 is 1.00 bits per heavy atom. The summed E-state index contributed by atoms with van der Waals surface area (Å²) < 4.78 is 0. The maximum atomic E-state index is 10.9. The van der Waals surface area contributed by atoms with E-state index in [9.17, 15) is 15.0 Å². The largest absolute Gasteiger partial charge is 0.508 e. The van der Waals surface area contributed by atoms with Crippen molar-refractivity contribution in [1.29, 1.82) is 0 Å². The van der Waals surface area contributed by atoms with Gasteiger partial charge < -0.3 is 15.3 Å². The van der Waals surface area contributed by atoms with Crippen molar-refractivity contribution in [3.63, 3.8) is 0 Å². The maximum Gasteiger partial charge on any atom is 0.339 e. The van der Waals surface area contributed by atoms with Crippen LogP contribution >= 0.6 is 11.6 Å². The van der Waals surface area contributed by atoms with Gasteiger partial charge in [-0.1, -0.05) is 23.7 Å². The number of hydrogen-bond donors (Lipinski definition) is 3. The molecule has 4 nitrogen and oxygen atoms in total. The Morgan fingerprint density at radius 2 is 1.65 bits per heavy atom. The number of phenols is 2. The summed E-state index contributed by atoms with van der Waals surface area (Å²) >= 11 is 5.79. The molecule has 0 atom stereocenters. The lowest BCUT2D eigenvalue weighted by atomic mass is 10.00. The van der Waals surface area contributed by atoms with Gasteiger partial charge >= 0.3 is 5.97 Å². The molecule has 5 heteroatoms. The topological polar surface area (TPSA) is 77.8 Å². The number of halogens is 1. The van der Waals surface area contributed by atoms with Crippen molar-refractivity contribution in [2.75, 3.05) is 0 Å². The molecule has 2 rings (SSSR count). The molecule has 0 saturated heterocycles. The Hall–Kier alpha value is -2.20. The molecule has 0 fully saturated rings. The van der Waals surface area contributed by atoms with E-state index in [1.54, 1.807) is 12.1 Å². The molecular weight excluding hydrogens is 280 g/mol. The van der Waals surface area contributed by atoms with E-state index in [0.29, 0.717) is 17.9 Å². The second-order valence-corrected chi connectivity index (χ2v) is 4.83. The molecule has 0 aliphatic carbocycles. The average Bonchev–Trinajstić information content (AvgIpc) is 2.40. The molecule has 0 aliphatic rings. The molecular formula is C15H13ClO4. The Kier molecular flexibility index (Phi) is 4.15. The van der Waals surface area contributed by atoms with Crippen LogP contribution in [0.25, 0.3) is 0 Å². The molecule has 2 aromatic carbocycles. The van der Waals surface area contributed by atoms with Crippen LogP contribution in [0.15, 0.2) is 36.4 Å². The van der Waals surface area contributed by atoms with E-state index < -0.39 is 5.97 Å². The van der Waals surface area contributed by atoms with E-state index in [4.69, 9.17) is 16.7 Å². The van der Waals surface area contributed by atoms with Crippen LogP contribution < -0.4 is 0 Å². The molecule has 0 spiro atoms. The zero-order chi connectivity index (χ0) is 14.7. The summed E-state index contributed by atoms with van der Waals surface area (Å²) in [5.41, 5.74) is 1.00. The highest BCUT2D eigenvalue weighted by Gasteiger charge is 2.16. The molecule has 0 aliphatic heterocycles. The van der Waals surface area contributed by atoms with Gasteiger partial charge in [0.05, 0.1) is 0 Å². The molecule has 0 saturated carbocycles. The molecule has 0 heterocycles. The fourth-order valence-electron chi connectivity index (χ4n) is 1.97. The van der Waals surface area contributed by atoms with Gasteiger partial charge in [0, 0.05) is 10.6 Å². The van der Waals surface area contributed by atoms with Crippen LogP contribution in [0.2, 0.25) is 5.02 Å². The van der Waals surface area contributed by atoms with Gasteiger partial charge in [0.1, 0.15) is 17.1 Å². The third-order valence-electron chi connectivity index (χ3n) is 3.07. The quantitative estimate of drug-likeness (QED) is 0.808. The summed E-state index contributed by atoms with van der Waals surface area (Å²) in [6.45, 7) is 0. The summed E-state index contributed by atoms with van der Waals surface area (Å²) in [6, 6.07) is 9.66. The normalized spacial score (nSPS) is 10.4. The van der Waals surface area contributed by atoms with Crippen LogP contribution in [0.5, 0.6) is 11.5 Å². The highest BCUT2D eigenvalue weighted by Crippen LogP contribution is 2.31. The highest BCUT2D eigenvalue weighted by molar-refractivity contribution is 6.30. The summed E-state index contributed by atoms with van der Waals surface area (Å²) in [7, 11) is 0. The van der Waals surface area contributed by atoms with Crippen LogP contribution in [-0.2, 0) is 12.8 Å². The van der Waals surface area contributed by atoms with Gasteiger partial charge in [-0.2, -0.15) is 0 Å². The summed E-state index contributed by atoms with van der Waals surface area (Å²) in [5.74, 6) is -1.72. The summed E-state index contributed by atoms with van der Waals surface area (Å²) in [4.78, 5) is 10.9. The smallest absolute Gasteiger partial charge is 0.339 e. The number of aromatic hydroxyl groups is 2. The summed E-state index contributed by atoms with van der Waals surface area (Å²) in [6.07, 6.45) is 0.891. The van der Waals surface area contributed by atoms with Crippen molar-refractivity contribution in [1.82, 2.24) is 0 Å². The van der Waals surface area contributed by atoms with E-state index in [1.165, 1.54) is 12.1 Å². The first-order valence-electron chi connectivity index (χ1n) is 6.00. The molecule has 104 valence electrons. The van der Waals surface area contributed by atoms with Crippen LogP contribution in [0, 0.1) is 0 Å². The Labute approximate surface area is 120 Å². The van der Waals surface area contributed by atoms with Crippen molar-refractivity contribution in [3.05, 3.63) is 58.1 Å². The fraction of sp³-hybridized carbons (Fsp3) is 0.133. The lowest BCUT2D eigenvalue weighted by molar-refractivity contribution is 0.0693. The zero-order valence-corrected chi connectivity index (χ0v) is 11.3. The number of carboxylic acid groups (broad SMARTS) is 1. The number of rotatable bonds is 4. The molecule has 2 aromatic rings. The van der Waals surface area contributed by atoms with Crippen molar-refractivity contribution in [2.24, 2.45) is 0 Å². The Morgan fingerprint density at radius 3 is 2.25 bits per heavy atom. The Bertz CT molecular complexity index is 635. The monoisotopic (exact) mass is 292 g/mol. The van der Waals surface area contributed by atoms with Gasteiger partial charge in [0.25, 0.3) is 0 Å². The lowest BCUT2D eigenvalue weighted by Gasteiger charge is -2.09. The Balaban J connectivity index is 2.22. The fourth-order valence-corrected chi connectivity index (χ4v) is 2.09. The van der Waals surface area contributed by atoms with Crippen LogP contribution in [0.1, 0.15) is 21.5 Å². The standard InChI is InChI=1S/C15H13ClO4/c16-10-4-1-9(2-5-10)3-6-11-13(17)8-7-12(14(11)18)15(19)20/h1-2,4-5,7-8,17-18H,3,6H2,(H,19,20). The first-order valence-corrected chi connectivity index (χ1v) is 6.38. The van der Waals surface area contributed by atoms with Crippen LogP contribution in [0.4, 0.5) is 0 Å². The SMILES string of the molecule is O=C(O)c1ccc(O)c(CCc2ccc(Cl)cc2)c1O. The molecule has 0 bridgehead atoms. The van der Waals surface area contributed by atoms with E-state index in [2.05, 4.69) is 0 Å². The van der Waals surface area contributed by atoms with Gasteiger partial charge in [-0.25, -0.2) is 4.79 Å². The molecule has 0 aromatic heterocycles. The van der Waals surface area contributed by atoms with Gasteiger partial charge in [-0.15, -0.1) is 0 Å². The second kappa shape index (κ2) is 5.84. The van der Waals surface area contributed by atoms with Crippen LogP contribution in [-0.4, -0.2) is 21.3 Å². The number of benzene rings is 2. The molecule has 20 heavy (non-hydrogen) atoms. The molecule has 3 N–H and O–H groups in total. The van der Waals surface area contributed by atoms with Gasteiger partial charge in [0.15, 0.2) is 0 Å². The predicted molar refractivity (Wildman–Crippen MR) is 75.6 cm³/mol. The van der Waals surface area contributed by atoms with E-state index in [-0.39, 0.29) is 22.6 Å². The minimum Gasteiger partial charge on any atom is -0.508 e. The number of hydrogen-bond acceptors (Lipinski definition) is 3. The summed E-state index contributed by atoms with van der Waals surface area (Å²) in [5, 5.41) is 29.2. The van der Waals surface area contributed by atoms with E-state index in [0.717, 1.165) is 5.56 Å². The third-order valence-corrected chi connectivity index (χ3v) is 3.32. The van der Waals surface area contributed by atoms with Crippen molar-refractivity contribution in [2.45, 2.75) is 12.8 Å². The van der Waals surface area contributed by atoms with Crippen molar-refractivity contribution >= 4 is 17.6 Å². The first-order chi connectivity index (χ1) is 9.49. The van der Waals surface area contributed by atoms with Crippen molar-refractivity contribution < 1.29 is 20.1 Å². The average molecular weight is 293 g/mol. The number of aryl methyl sites for hydroxylation is 1.